The Morgan fingerprint density at radius 1 is 1.50 bits per heavy atom. The molecule has 1 aliphatic carbocycles. The van der Waals surface area contributed by atoms with Crippen molar-refractivity contribution in [2.75, 3.05) is 18.1 Å². The molecule has 0 amide bonds. The number of rotatable bonds is 7. The lowest BCUT2D eigenvalue weighted by atomic mass is 10.2. The molecule has 1 aromatic rings. The predicted octanol–water partition coefficient (Wildman–Crippen LogP) is 1.70. The zero-order valence-corrected chi connectivity index (χ0v) is 11.4. The van der Waals surface area contributed by atoms with Crippen molar-refractivity contribution >= 4 is 17.8 Å². The van der Waals surface area contributed by atoms with Gasteiger partial charge in [0.15, 0.2) is 0 Å². The Balaban J connectivity index is 2.23. The van der Waals surface area contributed by atoms with Gasteiger partial charge in [0, 0.05) is 18.8 Å². The van der Waals surface area contributed by atoms with Crippen molar-refractivity contribution in [2.24, 2.45) is 0 Å². The number of carboxylic acid groups (broad SMARTS) is 1. The summed E-state index contributed by atoms with van der Waals surface area (Å²) in [5, 5.41) is 8.84. The molecule has 0 radical (unpaired) electrons. The number of anilines is 1. The van der Waals surface area contributed by atoms with Gasteiger partial charge in [0.05, 0.1) is 13.0 Å². The standard InChI is InChI=1S/C14H18N2O4/c1-2-20-14(19)11-4-3-8-15-13(11)16(10-5-6-10)9-7-12(17)18/h3-4,8,10H,2,5-7,9H2,1H3,(H,17,18). The third-order valence-electron chi connectivity index (χ3n) is 3.11. The molecule has 20 heavy (non-hydrogen) atoms. The molecule has 2 rings (SSSR count). The first-order chi connectivity index (χ1) is 9.63. The minimum atomic E-state index is -0.857. The third-order valence-corrected chi connectivity index (χ3v) is 3.11. The second-order valence-corrected chi connectivity index (χ2v) is 4.66. The molecule has 1 heterocycles. The zero-order valence-electron chi connectivity index (χ0n) is 11.4. The lowest BCUT2D eigenvalue weighted by molar-refractivity contribution is -0.136. The van der Waals surface area contributed by atoms with Gasteiger partial charge in [0.25, 0.3) is 0 Å². The predicted molar refractivity (Wildman–Crippen MR) is 72.8 cm³/mol. The number of aromatic nitrogens is 1. The molecular weight excluding hydrogens is 260 g/mol. The molecule has 0 atom stereocenters. The fourth-order valence-corrected chi connectivity index (χ4v) is 2.06. The molecule has 1 N–H and O–H groups in total. The number of carbonyl (C=O) groups excluding carboxylic acids is 1. The van der Waals surface area contributed by atoms with Gasteiger partial charge in [-0.05, 0) is 31.9 Å². The van der Waals surface area contributed by atoms with Crippen LogP contribution in [0.5, 0.6) is 0 Å². The van der Waals surface area contributed by atoms with E-state index in [9.17, 15) is 9.59 Å². The maximum atomic E-state index is 11.9. The van der Waals surface area contributed by atoms with Gasteiger partial charge in [-0.2, -0.15) is 0 Å². The number of hydrogen-bond donors (Lipinski definition) is 1. The van der Waals surface area contributed by atoms with Crippen LogP contribution in [0.4, 0.5) is 5.82 Å². The van der Waals surface area contributed by atoms with Crippen molar-refractivity contribution in [3.8, 4) is 0 Å². The number of pyridine rings is 1. The molecule has 108 valence electrons. The summed E-state index contributed by atoms with van der Waals surface area (Å²) < 4.78 is 5.02. The Bertz CT molecular complexity index is 500. The quantitative estimate of drug-likeness (QED) is 0.765. The third kappa shape index (κ3) is 3.46. The van der Waals surface area contributed by atoms with Crippen molar-refractivity contribution < 1.29 is 19.4 Å². The first-order valence-corrected chi connectivity index (χ1v) is 6.74. The van der Waals surface area contributed by atoms with Crippen LogP contribution in [0.25, 0.3) is 0 Å². The monoisotopic (exact) mass is 278 g/mol. The van der Waals surface area contributed by atoms with E-state index in [0.717, 1.165) is 12.8 Å². The molecule has 0 unspecified atom stereocenters. The lowest BCUT2D eigenvalue weighted by Crippen LogP contribution is -2.31. The average molecular weight is 278 g/mol. The Hall–Kier alpha value is -2.11. The van der Waals surface area contributed by atoms with Crippen molar-refractivity contribution in [2.45, 2.75) is 32.2 Å². The van der Waals surface area contributed by atoms with Gasteiger partial charge in [-0.15, -0.1) is 0 Å². The summed E-state index contributed by atoms with van der Waals surface area (Å²) in [6.07, 6.45) is 3.63. The highest BCUT2D eigenvalue weighted by Crippen LogP contribution is 2.32. The first kappa shape index (κ1) is 14.3. The Kier molecular flexibility index (Phi) is 4.55. The second-order valence-electron chi connectivity index (χ2n) is 4.66. The minimum Gasteiger partial charge on any atom is -0.481 e. The molecular formula is C14H18N2O4. The molecule has 0 spiro atoms. The molecule has 0 saturated heterocycles. The van der Waals surface area contributed by atoms with E-state index in [1.807, 2.05) is 4.90 Å². The van der Waals surface area contributed by atoms with Crippen molar-refractivity contribution in [3.05, 3.63) is 23.9 Å². The van der Waals surface area contributed by atoms with Crippen LogP contribution in [0, 0.1) is 0 Å². The van der Waals surface area contributed by atoms with Crippen LogP contribution in [0.3, 0.4) is 0 Å². The van der Waals surface area contributed by atoms with Crippen LogP contribution >= 0.6 is 0 Å². The van der Waals surface area contributed by atoms with E-state index in [-0.39, 0.29) is 12.5 Å². The molecule has 0 aromatic carbocycles. The molecule has 1 saturated carbocycles. The van der Waals surface area contributed by atoms with Gasteiger partial charge in [0.2, 0.25) is 0 Å². The van der Waals surface area contributed by atoms with Gasteiger partial charge in [0.1, 0.15) is 11.4 Å². The molecule has 1 fully saturated rings. The minimum absolute atomic E-state index is 0.0232. The van der Waals surface area contributed by atoms with E-state index in [1.165, 1.54) is 0 Å². The number of carbonyl (C=O) groups is 2. The highest BCUT2D eigenvalue weighted by atomic mass is 16.5. The first-order valence-electron chi connectivity index (χ1n) is 6.74. The van der Waals surface area contributed by atoms with Gasteiger partial charge in [-0.3, -0.25) is 4.79 Å². The molecule has 6 heteroatoms. The number of aliphatic carboxylic acids is 1. The number of nitrogens with zero attached hydrogens (tertiary/aromatic N) is 2. The molecule has 1 aromatic heterocycles. The normalized spacial score (nSPS) is 13.8. The fraction of sp³-hybridized carbons (Fsp3) is 0.500. The maximum Gasteiger partial charge on any atom is 0.341 e. The van der Waals surface area contributed by atoms with E-state index in [0.29, 0.717) is 24.5 Å². The number of esters is 1. The van der Waals surface area contributed by atoms with Crippen LogP contribution in [-0.2, 0) is 9.53 Å². The van der Waals surface area contributed by atoms with Crippen LogP contribution in [-0.4, -0.2) is 41.2 Å². The van der Waals surface area contributed by atoms with E-state index in [2.05, 4.69) is 4.98 Å². The second kappa shape index (κ2) is 6.36. The Labute approximate surface area is 117 Å². The van der Waals surface area contributed by atoms with E-state index < -0.39 is 11.9 Å². The number of hydrogen-bond acceptors (Lipinski definition) is 5. The number of ether oxygens (including phenoxy) is 1. The van der Waals surface area contributed by atoms with Crippen molar-refractivity contribution in [1.29, 1.82) is 0 Å². The largest absolute Gasteiger partial charge is 0.481 e. The van der Waals surface area contributed by atoms with Gasteiger partial charge in [-0.25, -0.2) is 9.78 Å². The Morgan fingerprint density at radius 3 is 2.85 bits per heavy atom. The summed E-state index contributed by atoms with van der Waals surface area (Å²) in [5.41, 5.74) is 0.395. The van der Waals surface area contributed by atoms with Gasteiger partial charge >= 0.3 is 11.9 Å². The van der Waals surface area contributed by atoms with Crippen LogP contribution in [0.1, 0.15) is 36.5 Å². The fourth-order valence-electron chi connectivity index (χ4n) is 2.06. The van der Waals surface area contributed by atoms with Crippen LogP contribution in [0.15, 0.2) is 18.3 Å². The van der Waals surface area contributed by atoms with Gasteiger partial charge in [-0.1, -0.05) is 0 Å². The SMILES string of the molecule is CCOC(=O)c1cccnc1N(CCC(=O)O)C1CC1. The van der Waals surface area contributed by atoms with Crippen LogP contribution in [0.2, 0.25) is 0 Å². The average Bonchev–Trinajstić information content (AvgIpc) is 3.24. The highest BCUT2D eigenvalue weighted by Gasteiger charge is 2.32. The molecule has 1 aliphatic rings. The van der Waals surface area contributed by atoms with E-state index in [1.54, 1.807) is 25.3 Å². The smallest absolute Gasteiger partial charge is 0.341 e. The topological polar surface area (TPSA) is 79.7 Å². The summed E-state index contributed by atoms with van der Waals surface area (Å²) in [4.78, 5) is 28.9. The van der Waals surface area contributed by atoms with Gasteiger partial charge < -0.3 is 14.7 Å². The summed E-state index contributed by atoms with van der Waals surface area (Å²) in [5.74, 6) is -0.754. The van der Waals surface area contributed by atoms with Crippen molar-refractivity contribution in [1.82, 2.24) is 4.98 Å². The lowest BCUT2D eigenvalue weighted by Gasteiger charge is -2.24. The molecule has 6 nitrogen and oxygen atoms in total. The maximum absolute atomic E-state index is 11.9. The summed E-state index contributed by atoms with van der Waals surface area (Å²) in [6, 6.07) is 3.62. The zero-order chi connectivity index (χ0) is 14.5. The molecule has 0 aliphatic heterocycles. The van der Waals surface area contributed by atoms with Crippen LogP contribution < -0.4 is 4.90 Å². The Morgan fingerprint density at radius 2 is 2.25 bits per heavy atom. The summed E-state index contributed by atoms with van der Waals surface area (Å²) >= 11 is 0. The van der Waals surface area contributed by atoms with E-state index >= 15 is 0 Å². The summed E-state index contributed by atoms with van der Waals surface area (Å²) in [6.45, 7) is 2.40. The summed E-state index contributed by atoms with van der Waals surface area (Å²) in [7, 11) is 0. The molecule has 0 bridgehead atoms. The number of carboxylic acids is 1. The van der Waals surface area contributed by atoms with Crippen molar-refractivity contribution in [3.63, 3.8) is 0 Å². The van der Waals surface area contributed by atoms with E-state index in [4.69, 9.17) is 9.84 Å². The highest BCUT2D eigenvalue weighted by molar-refractivity contribution is 5.95.